The minimum Gasteiger partial charge on any atom is -0.460 e. The molecule has 1 fully saturated rings. The first-order valence-electron chi connectivity index (χ1n) is 14.1. The van der Waals surface area contributed by atoms with Crippen LogP contribution in [0.1, 0.15) is 100 Å². The predicted octanol–water partition coefficient (Wildman–Crippen LogP) is 6.40. The lowest BCUT2D eigenvalue weighted by Gasteiger charge is -2.32. The van der Waals surface area contributed by atoms with Gasteiger partial charge in [0.2, 0.25) is 0 Å². The van der Waals surface area contributed by atoms with E-state index in [-0.39, 0.29) is 48.2 Å². The van der Waals surface area contributed by atoms with Crippen LogP contribution in [0.15, 0.2) is 30.3 Å². The lowest BCUT2D eigenvalue weighted by molar-refractivity contribution is -0.154. The number of benzene rings is 1. The summed E-state index contributed by atoms with van der Waals surface area (Å²) in [4.78, 5) is 32.2. The highest BCUT2D eigenvalue weighted by molar-refractivity contribution is 6.45. The Morgan fingerprint density at radius 3 is 1.78 bits per heavy atom. The molecular formula is C30H53BN2O8. The van der Waals surface area contributed by atoms with Gasteiger partial charge in [-0.25, -0.2) is 9.59 Å². The summed E-state index contributed by atoms with van der Waals surface area (Å²) in [7, 11) is 1.41. The van der Waals surface area contributed by atoms with Crippen LogP contribution in [0.2, 0.25) is 6.32 Å². The Morgan fingerprint density at radius 1 is 0.854 bits per heavy atom. The number of amides is 2. The van der Waals surface area contributed by atoms with E-state index in [1.54, 1.807) is 0 Å². The minimum atomic E-state index is -0.742. The standard InChI is InChI=1S/C16H31BO4.C8H9NO2.C6H13NO2/c1-14(2,3)19-13(18)11-9-8-10-12-17-20-15(4,5)16(6,7)21-17;9-8(10)11-6-7-4-2-1-3-5-7;1-6(2,3)9-5(8)7-4/h8-12H2,1-7H3;1-5H,6H2,(H2,9,10);1-4H3,(H,7,8). The Hall–Kier alpha value is -2.79. The molecule has 2 rings (SSSR count). The van der Waals surface area contributed by atoms with Gasteiger partial charge in [0, 0.05) is 13.5 Å². The van der Waals surface area contributed by atoms with Crippen LogP contribution in [0.4, 0.5) is 9.59 Å². The summed E-state index contributed by atoms with van der Waals surface area (Å²) < 4.78 is 26.6. The van der Waals surface area contributed by atoms with Crippen LogP contribution in [-0.2, 0) is 34.9 Å². The number of unbranched alkanes of at least 4 members (excludes halogenated alkanes) is 2. The van der Waals surface area contributed by atoms with Crippen molar-refractivity contribution in [1.29, 1.82) is 0 Å². The summed E-state index contributed by atoms with van der Waals surface area (Å²) in [5, 5.41) is 2.36. The fraction of sp³-hybridized carbons (Fsp3) is 0.700. The maximum atomic E-state index is 11.6. The number of alkyl carbamates (subject to hydrolysis) is 1. The van der Waals surface area contributed by atoms with Gasteiger partial charge in [-0.15, -0.1) is 0 Å². The van der Waals surface area contributed by atoms with Crippen LogP contribution in [0.25, 0.3) is 0 Å². The number of esters is 1. The molecule has 0 aliphatic carbocycles. The molecule has 1 aliphatic heterocycles. The SMILES string of the molecule is CC(C)(C)OC(=O)CCCCCB1OC(C)(C)C(C)(C)O1.CNC(=O)OC(C)(C)C.NC(=O)OCc1ccccc1. The van der Waals surface area contributed by atoms with Crippen LogP contribution in [0.3, 0.4) is 0 Å². The topological polar surface area (TPSA) is 135 Å². The van der Waals surface area contributed by atoms with Crippen molar-refractivity contribution in [2.75, 3.05) is 7.05 Å². The third kappa shape index (κ3) is 19.1. The first kappa shape index (κ1) is 38.2. The molecule has 234 valence electrons. The summed E-state index contributed by atoms with van der Waals surface area (Å²) in [6.45, 7) is 19.6. The molecule has 1 heterocycles. The van der Waals surface area contributed by atoms with Crippen LogP contribution in [-0.4, -0.2) is 54.7 Å². The maximum absolute atomic E-state index is 11.6. The lowest BCUT2D eigenvalue weighted by Crippen LogP contribution is -2.41. The van der Waals surface area contributed by atoms with Crippen molar-refractivity contribution < 1.29 is 37.9 Å². The van der Waals surface area contributed by atoms with Gasteiger partial charge >= 0.3 is 25.3 Å². The second-order valence-electron chi connectivity index (χ2n) is 12.7. The first-order chi connectivity index (χ1) is 18.7. The van der Waals surface area contributed by atoms with Crippen molar-refractivity contribution in [3.8, 4) is 0 Å². The number of ether oxygens (including phenoxy) is 3. The molecule has 0 spiro atoms. The summed E-state index contributed by atoms with van der Waals surface area (Å²) in [6, 6.07) is 9.37. The van der Waals surface area contributed by atoms with E-state index in [1.165, 1.54) is 7.05 Å². The van der Waals surface area contributed by atoms with Crippen LogP contribution in [0.5, 0.6) is 0 Å². The number of rotatable bonds is 8. The Morgan fingerprint density at radius 2 is 1.37 bits per heavy atom. The highest BCUT2D eigenvalue weighted by Crippen LogP contribution is 2.38. The average Bonchev–Trinajstić information content (AvgIpc) is 3.02. The quantitative estimate of drug-likeness (QED) is 0.156. The van der Waals surface area contributed by atoms with E-state index in [2.05, 4.69) is 37.7 Å². The molecule has 2 amide bonds. The normalized spacial score (nSPS) is 15.3. The molecule has 3 N–H and O–H groups in total. The number of carbonyl (C=O) groups excluding carboxylic acids is 3. The molecule has 1 aliphatic rings. The van der Waals surface area contributed by atoms with Gasteiger partial charge in [0.05, 0.1) is 11.2 Å². The third-order valence-electron chi connectivity index (χ3n) is 5.87. The molecule has 0 bridgehead atoms. The lowest BCUT2D eigenvalue weighted by atomic mass is 9.82. The summed E-state index contributed by atoms with van der Waals surface area (Å²) in [6.07, 6.45) is 3.08. The maximum Gasteiger partial charge on any atom is 0.457 e. The Kier molecular flexibility index (Phi) is 16.1. The van der Waals surface area contributed by atoms with E-state index < -0.39 is 6.09 Å². The van der Waals surface area contributed by atoms with Crippen LogP contribution in [0, 0.1) is 0 Å². The number of nitrogens with one attached hydrogen (secondary N) is 1. The van der Waals surface area contributed by atoms with E-state index in [0.717, 1.165) is 31.1 Å². The minimum absolute atomic E-state index is 0.113. The average molecular weight is 581 g/mol. The smallest absolute Gasteiger partial charge is 0.457 e. The zero-order valence-corrected chi connectivity index (χ0v) is 27.1. The Bertz CT molecular complexity index is 909. The van der Waals surface area contributed by atoms with Gasteiger partial charge in [0.15, 0.2) is 0 Å². The second kappa shape index (κ2) is 17.2. The summed E-state index contributed by atoms with van der Waals surface area (Å²) >= 11 is 0. The second-order valence-corrected chi connectivity index (χ2v) is 12.7. The van der Waals surface area contributed by atoms with Crippen molar-refractivity contribution in [2.24, 2.45) is 5.73 Å². The molecule has 1 aromatic carbocycles. The molecule has 0 aromatic heterocycles. The molecule has 0 atom stereocenters. The third-order valence-corrected chi connectivity index (χ3v) is 5.87. The highest BCUT2D eigenvalue weighted by atomic mass is 16.7. The van der Waals surface area contributed by atoms with Crippen LogP contribution >= 0.6 is 0 Å². The molecule has 11 heteroatoms. The zero-order valence-electron chi connectivity index (χ0n) is 27.1. The molecule has 0 radical (unpaired) electrons. The molecule has 1 aromatic rings. The summed E-state index contributed by atoms with van der Waals surface area (Å²) in [5.41, 5.74) is 4.43. The van der Waals surface area contributed by atoms with Gasteiger partial charge in [0.1, 0.15) is 17.8 Å². The van der Waals surface area contributed by atoms with Crippen molar-refractivity contribution in [2.45, 2.75) is 130 Å². The number of hydrogen-bond acceptors (Lipinski definition) is 8. The van der Waals surface area contributed by atoms with Gasteiger partial charge in [-0.3, -0.25) is 4.79 Å². The van der Waals surface area contributed by atoms with Crippen LogP contribution < -0.4 is 11.1 Å². The number of carbonyl (C=O) groups is 3. The molecular weight excluding hydrogens is 527 g/mol. The zero-order chi connectivity index (χ0) is 31.9. The van der Waals surface area contributed by atoms with Gasteiger partial charge in [-0.1, -0.05) is 43.2 Å². The van der Waals surface area contributed by atoms with E-state index in [4.69, 9.17) is 24.5 Å². The van der Waals surface area contributed by atoms with E-state index in [1.807, 2.05) is 71.9 Å². The van der Waals surface area contributed by atoms with Gasteiger partial charge in [0.25, 0.3) is 0 Å². The van der Waals surface area contributed by atoms with E-state index in [0.29, 0.717) is 6.42 Å². The van der Waals surface area contributed by atoms with E-state index >= 15 is 0 Å². The highest BCUT2D eigenvalue weighted by Gasteiger charge is 2.50. The Labute approximate surface area is 247 Å². The molecule has 0 saturated carbocycles. The van der Waals surface area contributed by atoms with Crippen molar-refractivity contribution in [3.05, 3.63) is 35.9 Å². The number of primary amides is 1. The monoisotopic (exact) mass is 580 g/mol. The van der Waals surface area contributed by atoms with Gasteiger partial charge in [-0.2, -0.15) is 0 Å². The first-order valence-corrected chi connectivity index (χ1v) is 14.1. The largest absolute Gasteiger partial charge is 0.460 e. The summed E-state index contributed by atoms with van der Waals surface area (Å²) in [5.74, 6) is -0.113. The molecule has 41 heavy (non-hydrogen) atoms. The number of nitrogens with two attached hydrogens (primary N) is 1. The predicted molar refractivity (Wildman–Crippen MR) is 161 cm³/mol. The van der Waals surface area contributed by atoms with Crippen molar-refractivity contribution in [1.82, 2.24) is 5.32 Å². The number of hydrogen-bond donors (Lipinski definition) is 2. The van der Waals surface area contributed by atoms with Crippen molar-refractivity contribution in [3.63, 3.8) is 0 Å². The Balaban J connectivity index is 0.000000667. The fourth-order valence-corrected chi connectivity index (χ4v) is 3.29. The molecule has 0 unspecified atom stereocenters. The van der Waals surface area contributed by atoms with Gasteiger partial charge in [-0.05, 0) is 87.5 Å². The fourth-order valence-electron chi connectivity index (χ4n) is 3.29. The molecule has 10 nitrogen and oxygen atoms in total. The van der Waals surface area contributed by atoms with Gasteiger partial charge < -0.3 is 34.6 Å². The van der Waals surface area contributed by atoms with E-state index in [9.17, 15) is 14.4 Å². The van der Waals surface area contributed by atoms with Crippen molar-refractivity contribution >= 4 is 25.3 Å². The molecule has 1 saturated heterocycles.